The second kappa shape index (κ2) is 5.25. The lowest BCUT2D eigenvalue weighted by atomic mass is 9.81. The Hall–Kier alpha value is -1.12. The Kier molecular flexibility index (Phi) is 3.88. The first kappa shape index (κ1) is 13.3. The van der Waals surface area contributed by atoms with Crippen LogP contribution in [0.5, 0.6) is 0 Å². The third kappa shape index (κ3) is 2.65. The summed E-state index contributed by atoms with van der Waals surface area (Å²) in [6.07, 6.45) is 5.14. The molecule has 2 aliphatic rings. The summed E-state index contributed by atoms with van der Waals surface area (Å²) in [4.78, 5) is 23.6. The van der Waals surface area contributed by atoms with Gasteiger partial charge in [0.05, 0.1) is 5.92 Å². The van der Waals surface area contributed by atoms with Crippen LogP contribution < -0.4 is 0 Å². The van der Waals surface area contributed by atoms with Crippen LogP contribution in [0.25, 0.3) is 0 Å². The highest BCUT2D eigenvalue weighted by atomic mass is 16.6. The van der Waals surface area contributed by atoms with Gasteiger partial charge in [0, 0.05) is 18.3 Å². The summed E-state index contributed by atoms with van der Waals surface area (Å²) < 4.78 is 5.45. The van der Waals surface area contributed by atoms with Crippen molar-refractivity contribution in [1.29, 1.82) is 0 Å². The van der Waals surface area contributed by atoms with Gasteiger partial charge in [-0.1, -0.05) is 25.5 Å². The Labute approximate surface area is 109 Å². The molecular formula is C15H22O3. The lowest BCUT2D eigenvalue weighted by Gasteiger charge is -2.23. The number of Topliss-reactive ketones (excluding diaryl/α,β-unsaturated/α-hetero) is 1. The Balaban J connectivity index is 2.19. The maximum absolute atomic E-state index is 11.9. The lowest BCUT2D eigenvalue weighted by Crippen LogP contribution is -2.25. The predicted octanol–water partition coefficient (Wildman–Crippen LogP) is 2.89. The predicted molar refractivity (Wildman–Crippen MR) is 68.9 cm³/mol. The van der Waals surface area contributed by atoms with E-state index in [1.165, 1.54) is 5.57 Å². The maximum atomic E-state index is 11.9. The Morgan fingerprint density at radius 3 is 2.72 bits per heavy atom. The van der Waals surface area contributed by atoms with E-state index in [9.17, 15) is 9.59 Å². The topological polar surface area (TPSA) is 43.4 Å². The molecule has 18 heavy (non-hydrogen) atoms. The largest absolute Gasteiger partial charge is 0.462 e. The molecule has 1 fully saturated rings. The minimum absolute atomic E-state index is 0.0160. The molecule has 1 aliphatic heterocycles. The van der Waals surface area contributed by atoms with Gasteiger partial charge in [0.1, 0.15) is 11.9 Å². The van der Waals surface area contributed by atoms with E-state index in [1.54, 1.807) is 0 Å². The highest BCUT2D eigenvalue weighted by Gasteiger charge is 2.42. The molecule has 0 amide bonds. The van der Waals surface area contributed by atoms with Crippen LogP contribution in [-0.4, -0.2) is 17.9 Å². The van der Waals surface area contributed by atoms with Crippen molar-refractivity contribution in [2.24, 2.45) is 17.8 Å². The van der Waals surface area contributed by atoms with Gasteiger partial charge >= 0.3 is 5.97 Å². The molecule has 1 saturated heterocycles. The molecular weight excluding hydrogens is 228 g/mol. The number of hydrogen-bond donors (Lipinski definition) is 0. The van der Waals surface area contributed by atoms with Crippen molar-refractivity contribution >= 4 is 11.8 Å². The van der Waals surface area contributed by atoms with Crippen molar-refractivity contribution in [3.63, 3.8) is 0 Å². The smallest absolute Gasteiger partial charge is 0.309 e. The Morgan fingerprint density at radius 1 is 1.28 bits per heavy atom. The number of hydrogen-bond acceptors (Lipinski definition) is 3. The number of carbonyl (C=O) groups is 2. The normalized spacial score (nSPS) is 40.7. The molecule has 0 aromatic rings. The average Bonchev–Trinajstić information content (AvgIpc) is 2.59. The lowest BCUT2D eigenvalue weighted by molar-refractivity contribution is -0.145. The minimum Gasteiger partial charge on any atom is -0.462 e. The van der Waals surface area contributed by atoms with Gasteiger partial charge < -0.3 is 4.74 Å². The molecule has 0 spiro atoms. The van der Waals surface area contributed by atoms with Crippen LogP contribution in [-0.2, 0) is 14.3 Å². The van der Waals surface area contributed by atoms with Crippen LogP contribution >= 0.6 is 0 Å². The second-order valence-corrected chi connectivity index (χ2v) is 5.82. The van der Waals surface area contributed by atoms with Gasteiger partial charge in [-0.25, -0.2) is 0 Å². The molecule has 3 nitrogen and oxygen atoms in total. The SMILES string of the molecule is C/C1=C\CC(=O)[C@H](C)C[C@H]2OC(=O)[C@H](C)[C@@H]2CC1. The van der Waals surface area contributed by atoms with Gasteiger partial charge in [-0.2, -0.15) is 0 Å². The third-order valence-electron chi connectivity index (χ3n) is 4.42. The fourth-order valence-corrected chi connectivity index (χ4v) is 2.95. The van der Waals surface area contributed by atoms with Crippen molar-refractivity contribution in [2.75, 3.05) is 0 Å². The quantitative estimate of drug-likeness (QED) is 0.490. The number of carbonyl (C=O) groups excluding carboxylic acids is 2. The molecule has 0 unspecified atom stereocenters. The van der Waals surface area contributed by atoms with Gasteiger partial charge in [0.25, 0.3) is 0 Å². The molecule has 1 heterocycles. The van der Waals surface area contributed by atoms with Crippen molar-refractivity contribution < 1.29 is 14.3 Å². The number of rotatable bonds is 0. The van der Waals surface area contributed by atoms with E-state index in [2.05, 4.69) is 6.92 Å². The number of fused-ring (bicyclic) bond motifs is 1. The zero-order valence-electron chi connectivity index (χ0n) is 11.4. The van der Waals surface area contributed by atoms with Crippen molar-refractivity contribution in [3.8, 4) is 0 Å². The molecule has 0 aromatic heterocycles. The number of allylic oxidation sites excluding steroid dienone is 2. The highest BCUT2D eigenvalue weighted by Crippen LogP contribution is 2.36. The zero-order chi connectivity index (χ0) is 13.3. The fourth-order valence-electron chi connectivity index (χ4n) is 2.95. The van der Waals surface area contributed by atoms with E-state index in [1.807, 2.05) is 19.9 Å². The first-order chi connectivity index (χ1) is 8.49. The molecule has 4 atom stereocenters. The minimum atomic E-state index is -0.0921. The van der Waals surface area contributed by atoms with Crippen LogP contribution in [0.3, 0.4) is 0 Å². The molecule has 0 bridgehead atoms. The van der Waals surface area contributed by atoms with E-state index in [-0.39, 0.29) is 35.6 Å². The maximum Gasteiger partial charge on any atom is 0.309 e. The molecule has 0 aromatic carbocycles. The molecule has 0 radical (unpaired) electrons. The first-order valence-electron chi connectivity index (χ1n) is 6.88. The fraction of sp³-hybridized carbons (Fsp3) is 0.733. The molecule has 2 rings (SSSR count). The molecule has 100 valence electrons. The summed E-state index contributed by atoms with van der Waals surface area (Å²) in [6, 6.07) is 0. The molecule has 1 aliphatic carbocycles. The van der Waals surface area contributed by atoms with Crippen LogP contribution in [0.2, 0.25) is 0 Å². The van der Waals surface area contributed by atoms with Crippen LogP contribution in [0.1, 0.15) is 46.5 Å². The van der Waals surface area contributed by atoms with E-state index >= 15 is 0 Å². The summed E-state index contributed by atoms with van der Waals surface area (Å²) in [5, 5.41) is 0. The highest BCUT2D eigenvalue weighted by molar-refractivity contribution is 5.82. The zero-order valence-corrected chi connectivity index (χ0v) is 11.4. The summed E-state index contributed by atoms with van der Waals surface area (Å²) >= 11 is 0. The standard InChI is InChI=1S/C15H22O3/c1-9-4-6-12-11(3)15(17)18-14(12)8-10(2)13(16)7-5-9/h5,10-12,14H,4,6-8H2,1-3H3/b9-5+/t10-,11-,12+,14-/m1/s1. The summed E-state index contributed by atoms with van der Waals surface area (Å²) in [7, 11) is 0. The summed E-state index contributed by atoms with van der Waals surface area (Å²) in [6.45, 7) is 5.96. The van der Waals surface area contributed by atoms with Gasteiger partial charge in [0.15, 0.2) is 0 Å². The van der Waals surface area contributed by atoms with Crippen molar-refractivity contribution in [2.45, 2.75) is 52.6 Å². The number of ether oxygens (including phenoxy) is 1. The number of esters is 1. The first-order valence-corrected chi connectivity index (χ1v) is 6.88. The van der Waals surface area contributed by atoms with Gasteiger partial charge in [-0.15, -0.1) is 0 Å². The van der Waals surface area contributed by atoms with Crippen LogP contribution in [0.15, 0.2) is 11.6 Å². The second-order valence-electron chi connectivity index (χ2n) is 5.82. The van der Waals surface area contributed by atoms with E-state index in [4.69, 9.17) is 4.74 Å². The summed E-state index contributed by atoms with van der Waals surface area (Å²) in [5.74, 6) is 0.396. The van der Waals surface area contributed by atoms with Crippen molar-refractivity contribution in [3.05, 3.63) is 11.6 Å². The summed E-state index contributed by atoms with van der Waals surface area (Å²) in [5.41, 5.74) is 1.25. The Bertz CT molecular complexity index is 383. The van der Waals surface area contributed by atoms with Gasteiger partial charge in [-0.05, 0) is 26.2 Å². The van der Waals surface area contributed by atoms with Crippen LogP contribution in [0.4, 0.5) is 0 Å². The van der Waals surface area contributed by atoms with Gasteiger partial charge in [-0.3, -0.25) is 9.59 Å². The van der Waals surface area contributed by atoms with E-state index in [0.717, 1.165) is 12.8 Å². The van der Waals surface area contributed by atoms with Crippen molar-refractivity contribution in [1.82, 2.24) is 0 Å². The number of ketones is 1. The third-order valence-corrected chi connectivity index (χ3v) is 4.42. The van der Waals surface area contributed by atoms with E-state index in [0.29, 0.717) is 12.8 Å². The van der Waals surface area contributed by atoms with E-state index < -0.39 is 0 Å². The molecule has 3 heteroatoms. The molecule has 0 N–H and O–H groups in total. The monoisotopic (exact) mass is 250 g/mol. The molecule has 0 saturated carbocycles. The Morgan fingerprint density at radius 2 is 2.00 bits per heavy atom. The van der Waals surface area contributed by atoms with Gasteiger partial charge in [0.2, 0.25) is 0 Å². The van der Waals surface area contributed by atoms with Crippen LogP contribution in [0, 0.1) is 17.8 Å². The average molecular weight is 250 g/mol.